The van der Waals surface area contributed by atoms with Gasteiger partial charge >= 0.3 is 0 Å². The molecule has 0 radical (unpaired) electrons. The largest absolute Gasteiger partial charge is 0.313 e. The van der Waals surface area contributed by atoms with Crippen LogP contribution >= 0.6 is 0 Å². The maximum Gasteiger partial charge on any atom is 0.0110 e. The SMILES string of the molecule is CC1CCN(C2CCC2)CCN1. The van der Waals surface area contributed by atoms with Gasteiger partial charge in [-0.05, 0) is 32.7 Å². The molecule has 1 atom stereocenters. The van der Waals surface area contributed by atoms with Gasteiger partial charge in [-0.15, -0.1) is 0 Å². The molecule has 1 aliphatic heterocycles. The Labute approximate surface area is 75.3 Å². The van der Waals surface area contributed by atoms with Crippen molar-refractivity contribution in [1.82, 2.24) is 10.2 Å². The average Bonchev–Trinajstić information content (AvgIpc) is 2.12. The van der Waals surface area contributed by atoms with Crippen molar-refractivity contribution in [1.29, 1.82) is 0 Å². The fraction of sp³-hybridized carbons (Fsp3) is 1.00. The van der Waals surface area contributed by atoms with Crippen LogP contribution in [0.15, 0.2) is 0 Å². The molecule has 2 heteroatoms. The smallest absolute Gasteiger partial charge is 0.0110 e. The Morgan fingerprint density at radius 2 is 2.00 bits per heavy atom. The maximum atomic E-state index is 3.54. The zero-order valence-corrected chi connectivity index (χ0v) is 8.05. The first-order valence-electron chi connectivity index (χ1n) is 5.33. The van der Waals surface area contributed by atoms with Crippen LogP contribution in [0.25, 0.3) is 0 Å². The number of hydrogen-bond donors (Lipinski definition) is 1. The van der Waals surface area contributed by atoms with Crippen LogP contribution in [0.3, 0.4) is 0 Å². The quantitative estimate of drug-likeness (QED) is 0.633. The molecular weight excluding hydrogens is 148 g/mol. The van der Waals surface area contributed by atoms with Gasteiger partial charge in [0, 0.05) is 25.2 Å². The van der Waals surface area contributed by atoms with Crippen molar-refractivity contribution in [2.75, 3.05) is 19.6 Å². The van der Waals surface area contributed by atoms with Gasteiger partial charge in [-0.3, -0.25) is 4.90 Å². The highest BCUT2D eigenvalue weighted by Gasteiger charge is 2.25. The highest BCUT2D eigenvalue weighted by molar-refractivity contribution is 4.83. The third kappa shape index (κ3) is 1.80. The van der Waals surface area contributed by atoms with Crippen molar-refractivity contribution in [3.63, 3.8) is 0 Å². The van der Waals surface area contributed by atoms with E-state index in [1.165, 1.54) is 45.3 Å². The maximum absolute atomic E-state index is 3.54. The molecule has 0 aromatic rings. The summed E-state index contributed by atoms with van der Waals surface area (Å²) in [6.07, 6.45) is 5.70. The molecular formula is C10H20N2. The van der Waals surface area contributed by atoms with Crippen LogP contribution in [-0.4, -0.2) is 36.6 Å². The summed E-state index contributed by atoms with van der Waals surface area (Å²) in [6.45, 7) is 6.08. The first-order valence-corrected chi connectivity index (χ1v) is 5.33. The van der Waals surface area contributed by atoms with Crippen LogP contribution in [0.2, 0.25) is 0 Å². The van der Waals surface area contributed by atoms with Crippen molar-refractivity contribution >= 4 is 0 Å². The molecule has 0 amide bonds. The Morgan fingerprint density at radius 1 is 1.17 bits per heavy atom. The standard InChI is InChI=1S/C10H20N2/c1-9-5-7-12(8-6-11-9)10-3-2-4-10/h9-11H,2-8H2,1H3. The van der Waals surface area contributed by atoms with Gasteiger partial charge in [0.1, 0.15) is 0 Å². The van der Waals surface area contributed by atoms with Crippen LogP contribution in [-0.2, 0) is 0 Å². The Bertz CT molecular complexity index is 143. The van der Waals surface area contributed by atoms with E-state index in [4.69, 9.17) is 0 Å². The summed E-state index contributed by atoms with van der Waals surface area (Å²) in [7, 11) is 0. The van der Waals surface area contributed by atoms with E-state index in [1.54, 1.807) is 0 Å². The molecule has 1 heterocycles. The molecule has 2 rings (SSSR count). The fourth-order valence-corrected chi connectivity index (χ4v) is 2.14. The molecule has 12 heavy (non-hydrogen) atoms. The van der Waals surface area contributed by atoms with Gasteiger partial charge in [-0.1, -0.05) is 6.42 Å². The fourth-order valence-electron chi connectivity index (χ4n) is 2.14. The molecule has 1 aliphatic carbocycles. The zero-order valence-electron chi connectivity index (χ0n) is 8.05. The minimum Gasteiger partial charge on any atom is -0.313 e. The lowest BCUT2D eigenvalue weighted by atomic mass is 9.91. The molecule has 1 saturated carbocycles. The summed E-state index contributed by atoms with van der Waals surface area (Å²) in [5.41, 5.74) is 0. The van der Waals surface area contributed by atoms with Crippen molar-refractivity contribution in [2.45, 2.75) is 44.7 Å². The van der Waals surface area contributed by atoms with Crippen LogP contribution in [0.5, 0.6) is 0 Å². The molecule has 2 fully saturated rings. The van der Waals surface area contributed by atoms with Crippen LogP contribution < -0.4 is 5.32 Å². The molecule has 0 aromatic carbocycles. The Balaban J connectivity index is 1.81. The average molecular weight is 168 g/mol. The van der Waals surface area contributed by atoms with E-state index in [-0.39, 0.29) is 0 Å². The summed E-state index contributed by atoms with van der Waals surface area (Å²) < 4.78 is 0. The molecule has 2 nitrogen and oxygen atoms in total. The second-order valence-corrected chi connectivity index (χ2v) is 4.26. The van der Waals surface area contributed by atoms with E-state index in [0.717, 1.165) is 12.1 Å². The summed E-state index contributed by atoms with van der Waals surface area (Å²) in [5, 5.41) is 3.54. The predicted octanol–water partition coefficient (Wildman–Crippen LogP) is 1.22. The van der Waals surface area contributed by atoms with Crippen LogP contribution in [0, 0.1) is 0 Å². The predicted molar refractivity (Wildman–Crippen MR) is 51.3 cm³/mol. The monoisotopic (exact) mass is 168 g/mol. The molecule has 1 saturated heterocycles. The Hall–Kier alpha value is -0.0800. The highest BCUT2D eigenvalue weighted by Crippen LogP contribution is 2.25. The minimum absolute atomic E-state index is 0.732. The van der Waals surface area contributed by atoms with Crippen LogP contribution in [0.1, 0.15) is 32.6 Å². The molecule has 0 aromatic heterocycles. The van der Waals surface area contributed by atoms with Crippen LogP contribution in [0.4, 0.5) is 0 Å². The van der Waals surface area contributed by atoms with Gasteiger partial charge in [0.05, 0.1) is 0 Å². The van der Waals surface area contributed by atoms with E-state index in [2.05, 4.69) is 17.1 Å². The lowest BCUT2D eigenvalue weighted by Gasteiger charge is -2.36. The first kappa shape index (κ1) is 8.52. The van der Waals surface area contributed by atoms with E-state index >= 15 is 0 Å². The third-order valence-electron chi connectivity index (χ3n) is 3.33. The molecule has 1 N–H and O–H groups in total. The second kappa shape index (κ2) is 3.75. The van der Waals surface area contributed by atoms with Gasteiger partial charge in [-0.25, -0.2) is 0 Å². The molecule has 2 aliphatic rings. The van der Waals surface area contributed by atoms with Gasteiger partial charge in [0.15, 0.2) is 0 Å². The van der Waals surface area contributed by atoms with Gasteiger partial charge in [-0.2, -0.15) is 0 Å². The summed E-state index contributed by atoms with van der Waals surface area (Å²) in [5.74, 6) is 0. The summed E-state index contributed by atoms with van der Waals surface area (Å²) in [6, 6.07) is 1.67. The molecule has 0 spiro atoms. The highest BCUT2D eigenvalue weighted by atomic mass is 15.2. The lowest BCUT2D eigenvalue weighted by Crippen LogP contribution is -2.41. The number of nitrogens with zero attached hydrogens (tertiary/aromatic N) is 1. The Morgan fingerprint density at radius 3 is 2.67 bits per heavy atom. The van der Waals surface area contributed by atoms with E-state index in [1.807, 2.05) is 0 Å². The topological polar surface area (TPSA) is 15.3 Å². The summed E-state index contributed by atoms with van der Waals surface area (Å²) >= 11 is 0. The first-order chi connectivity index (χ1) is 5.86. The van der Waals surface area contributed by atoms with E-state index in [0.29, 0.717) is 0 Å². The van der Waals surface area contributed by atoms with Crippen molar-refractivity contribution in [2.24, 2.45) is 0 Å². The second-order valence-electron chi connectivity index (χ2n) is 4.26. The van der Waals surface area contributed by atoms with Crippen molar-refractivity contribution in [3.05, 3.63) is 0 Å². The minimum atomic E-state index is 0.732. The zero-order chi connectivity index (χ0) is 8.39. The molecule has 0 bridgehead atoms. The Kier molecular flexibility index (Phi) is 2.66. The van der Waals surface area contributed by atoms with Gasteiger partial charge in [0.25, 0.3) is 0 Å². The van der Waals surface area contributed by atoms with E-state index in [9.17, 15) is 0 Å². The van der Waals surface area contributed by atoms with E-state index < -0.39 is 0 Å². The lowest BCUT2D eigenvalue weighted by molar-refractivity contribution is 0.135. The molecule has 70 valence electrons. The van der Waals surface area contributed by atoms with Crippen molar-refractivity contribution < 1.29 is 0 Å². The normalized spacial score (nSPS) is 34.2. The number of nitrogens with one attached hydrogen (secondary N) is 1. The van der Waals surface area contributed by atoms with Crippen molar-refractivity contribution in [3.8, 4) is 0 Å². The number of rotatable bonds is 1. The summed E-state index contributed by atoms with van der Waals surface area (Å²) in [4.78, 5) is 2.68. The number of hydrogen-bond acceptors (Lipinski definition) is 2. The van der Waals surface area contributed by atoms with Gasteiger partial charge in [0.2, 0.25) is 0 Å². The van der Waals surface area contributed by atoms with Gasteiger partial charge < -0.3 is 5.32 Å². The molecule has 1 unspecified atom stereocenters. The third-order valence-corrected chi connectivity index (χ3v) is 3.33.